The van der Waals surface area contributed by atoms with Crippen molar-refractivity contribution >= 4 is 29.2 Å². The molecule has 2 saturated heterocycles. The number of amides is 3. The van der Waals surface area contributed by atoms with Gasteiger partial charge in [-0.25, -0.2) is 4.79 Å². The lowest BCUT2D eigenvalue weighted by Crippen LogP contribution is -2.55. The van der Waals surface area contributed by atoms with Crippen molar-refractivity contribution in [1.29, 1.82) is 0 Å². The van der Waals surface area contributed by atoms with Gasteiger partial charge >= 0.3 is 6.03 Å². The quantitative estimate of drug-likeness (QED) is 0.619. The van der Waals surface area contributed by atoms with Gasteiger partial charge in [-0.3, -0.25) is 19.8 Å². The van der Waals surface area contributed by atoms with E-state index >= 15 is 0 Å². The van der Waals surface area contributed by atoms with E-state index in [0.717, 1.165) is 27.9 Å². The molecule has 2 fully saturated rings. The Morgan fingerprint density at radius 3 is 2.25 bits per heavy atom. The molecule has 32 heavy (non-hydrogen) atoms. The van der Waals surface area contributed by atoms with E-state index in [-0.39, 0.29) is 11.9 Å². The molecule has 4 heterocycles. The Labute approximate surface area is 190 Å². The van der Waals surface area contributed by atoms with Crippen LogP contribution >= 0.6 is 11.6 Å². The molecular weight excluding hydrogens is 428 g/mol. The zero-order valence-corrected chi connectivity index (χ0v) is 18.6. The Morgan fingerprint density at radius 1 is 0.969 bits per heavy atom. The van der Waals surface area contributed by atoms with E-state index < -0.39 is 5.54 Å². The number of carbonyl (C=O) groups excluding carboxylic acids is 2. The smallest absolute Gasteiger partial charge is 0.324 e. The maximum Gasteiger partial charge on any atom is 0.324 e. The summed E-state index contributed by atoms with van der Waals surface area (Å²) in [5, 5.41) is 7.24. The molecule has 8 nitrogen and oxygen atoms in total. The number of pyridine rings is 1. The van der Waals surface area contributed by atoms with Crippen molar-refractivity contribution in [1.82, 2.24) is 25.0 Å². The average Bonchev–Trinajstić information content (AvgIpc) is 3.32. The molecule has 0 saturated carbocycles. The highest BCUT2D eigenvalue weighted by Gasteiger charge is 2.52. The highest BCUT2D eigenvalue weighted by molar-refractivity contribution is 6.33. The number of benzene rings is 1. The minimum absolute atomic E-state index is 0.211. The molecule has 0 radical (unpaired) electrons. The number of aromatic nitrogens is 3. The number of imide groups is 1. The Bertz CT molecular complexity index is 1200. The topological polar surface area (TPSA) is 83.4 Å². The number of aryl methyl sites for hydroxylation is 1. The Kier molecular flexibility index (Phi) is 4.89. The summed E-state index contributed by atoms with van der Waals surface area (Å²) >= 11 is 6.62. The third-order valence-electron chi connectivity index (χ3n) is 6.60. The minimum Gasteiger partial charge on any atom is -0.370 e. The van der Waals surface area contributed by atoms with E-state index in [1.54, 1.807) is 22.8 Å². The van der Waals surface area contributed by atoms with E-state index in [1.165, 1.54) is 0 Å². The maximum absolute atomic E-state index is 12.5. The Hall–Kier alpha value is -3.39. The minimum atomic E-state index is -0.779. The number of carbonyl (C=O) groups is 2. The molecule has 1 aromatic carbocycles. The number of likely N-dealkylation sites (N-methyl/N-ethyl adjacent to an activating group) is 1. The van der Waals surface area contributed by atoms with Gasteiger partial charge in [-0.15, -0.1) is 0 Å². The largest absolute Gasteiger partial charge is 0.370 e. The molecule has 5 rings (SSSR count). The van der Waals surface area contributed by atoms with Gasteiger partial charge in [-0.2, -0.15) is 5.10 Å². The number of anilines is 1. The van der Waals surface area contributed by atoms with Crippen molar-refractivity contribution in [3.05, 3.63) is 54.1 Å². The van der Waals surface area contributed by atoms with Crippen LogP contribution < -0.4 is 10.2 Å². The number of halogens is 1. The van der Waals surface area contributed by atoms with Gasteiger partial charge in [-0.1, -0.05) is 35.9 Å². The number of urea groups is 1. The SMILES string of the molecule is CN1C(=O)NC(=O)C12CCN(c1c(Cl)cncc1-c1ccc(-c3cnn(C)c3)cc1)CC2. The van der Waals surface area contributed by atoms with Gasteiger partial charge in [0.25, 0.3) is 5.91 Å². The maximum atomic E-state index is 12.5. The second-order valence-corrected chi connectivity index (χ2v) is 8.74. The van der Waals surface area contributed by atoms with E-state index in [4.69, 9.17) is 11.6 Å². The van der Waals surface area contributed by atoms with Gasteiger partial charge in [0.1, 0.15) is 5.54 Å². The van der Waals surface area contributed by atoms with Crippen LogP contribution in [0.3, 0.4) is 0 Å². The first kappa shape index (κ1) is 20.5. The number of nitrogens with one attached hydrogen (secondary N) is 1. The fourth-order valence-electron chi connectivity index (χ4n) is 4.68. The molecule has 3 aromatic rings. The molecule has 1 spiro atoms. The lowest BCUT2D eigenvalue weighted by atomic mass is 9.86. The van der Waals surface area contributed by atoms with Gasteiger partial charge in [0, 0.05) is 56.9 Å². The number of rotatable bonds is 3. The van der Waals surface area contributed by atoms with Crippen LogP contribution in [0.25, 0.3) is 22.3 Å². The number of hydrogen-bond acceptors (Lipinski definition) is 5. The van der Waals surface area contributed by atoms with E-state index in [0.29, 0.717) is 31.0 Å². The van der Waals surface area contributed by atoms with Gasteiger partial charge < -0.3 is 9.80 Å². The molecule has 0 unspecified atom stereocenters. The Balaban J connectivity index is 1.43. The first-order valence-electron chi connectivity index (χ1n) is 10.5. The summed E-state index contributed by atoms with van der Waals surface area (Å²) in [7, 11) is 3.58. The summed E-state index contributed by atoms with van der Waals surface area (Å²) in [5.41, 5.74) is 4.20. The van der Waals surface area contributed by atoms with Crippen molar-refractivity contribution in [3.8, 4) is 22.3 Å². The number of nitrogens with zero attached hydrogens (tertiary/aromatic N) is 5. The molecular formula is C23H23ClN6O2. The van der Waals surface area contributed by atoms with Crippen LogP contribution in [0.1, 0.15) is 12.8 Å². The summed E-state index contributed by atoms with van der Waals surface area (Å²) in [4.78, 5) is 32.5. The second kappa shape index (κ2) is 7.63. The molecule has 2 aliphatic rings. The third-order valence-corrected chi connectivity index (χ3v) is 6.88. The first-order valence-corrected chi connectivity index (χ1v) is 10.8. The van der Waals surface area contributed by atoms with Crippen LogP contribution in [-0.4, -0.2) is 57.3 Å². The predicted molar refractivity (Wildman–Crippen MR) is 122 cm³/mol. The van der Waals surface area contributed by atoms with Gasteiger partial charge in [0.05, 0.1) is 16.9 Å². The van der Waals surface area contributed by atoms with Gasteiger partial charge in [0.2, 0.25) is 0 Å². The fourth-order valence-corrected chi connectivity index (χ4v) is 4.96. The summed E-state index contributed by atoms with van der Waals surface area (Å²) < 4.78 is 1.78. The molecule has 9 heteroatoms. The van der Waals surface area contributed by atoms with Crippen LogP contribution in [-0.2, 0) is 11.8 Å². The van der Waals surface area contributed by atoms with Crippen LogP contribution in [0.2, 0.25) is 5.02 Å². The number of piperidine rings is 1. The predicted octanol–water partition coefficient (Wildman–Crippen LogP) is 3.32. The zero-order chi connectivity index (χ0) is 22.5. The van der Waals surface area contributed by atoms with Crippen molar-refractivity contribution < 1.29 is 9.59 Å². The van der Waals surface area contributed by atoms with Crippen molar-refractivity contribution in [2.75, 3.05) is 25.0 Å². The van der Waals surface area contributed by atoms with Crippen molar-refractivity contribution in [2.45, 2.75) is 18.4 Å². The summed E-state index contributed by atoms with van der Waals surface area (Å²) in [6.45, 7) is 1.21. The van der Waals surface area contributed by atoms with E-state index in [1.807, 2.05) is 25.6 Å². The fraction of sp³-hybridized carbons (Fsp3) is 0.304. The van der Waals surface area contributed by atoms with Crippen LogP contribution in [0.4, 0.5) is 10.5 Å². The molecule has 0 bridgehead atoms. The third kappa shape index (κ3) is 3.22. The summed E-state index contributed by atoms with van der Waals surface area (Å²) in [6.07, 6.45) is 8.37. The van der Waals surface area contributed by atoms with Crippen molar-refractivity contribution in [2.24, 2.45) is 7.05 Å². The molecule has 3 amide bonds. The molecule has 2 aliphatic heterocycles. The average molecular weight is 451 g/mol. The zero-order valence-electron chi connectivity index (χ0n) is 17.9. The normalized spacial score (nSPS) is 17.8. The standard InChI is InChI=1S/C23H23ClN6O2/c1-28-14-17(11-26-28)15-3-5-16(6-4-15)18-12-25-13-19(24)20(18)30-9-7-23(8-10-30)21(31)27-22(32)29(23)2/h3-6,11-14H,7-10H2,1-2H3,(H,27,31,32). The highest BCUT2D eigenvalue weighted by Crippen LogP contribution is 2.41. The molecule has 0 aliphatic carbocycles. The van der Waals surface area contributed by atoms with Gasteiger partial charge in [0.15, 0.2) is 0 Å². The van der Waals surface area contributed by atoms with E-state index in [2.05, 4.69) is 44.6 Å². The van der Waals surface area contributed by atoms with Crippen LogP contribution in [0.5, 0.6) is 0 Å². The molecule has 2 aromatic heterocycles. The van der Waals surface area contributed by atoms with E-state index in [9.17, 15) is 9.59 Å². The summed E-state index contributed by atoms with van der Waals surface area (Å²) in [5.74, 6) is -0.211. The first-order chi connectivity index (χ1) is 15.4. The monoisotopic (exact) mass is 450 g/mol. The van der Waals surface area contributed by atoms with Gasteiger partial charge in [-0.05, 0) is 24.0 Å². The lowest BCUT2D eigenvalue weighted by molar-refractivity contribution is -0.127. The van der Waals surface area contributed by atoms with Crippen LogP contribution in [0, 0.1) is 0 Å². The Morgan fingerprint density at radius 2 is 1.66 bits per heavy atom. The number of hydrogen-bond donors (Lipinski definition) is 1. The van der Waals surface area contributed by atoms with Crippen molar-refractivity contribution in [3.63, 3.8) is 0 Å². The second-order valence-electron chi connectivity index (χ2n) is 8.33. The molecule has 164 valence electrons. The molecule has 1 N–H and O–H groups in total. The van der Waals surface area contributed by atoms with Crippen LogP contribution in [0.15, 0.2) is 49.1 Å². The summed E-state index contributed by atoms with van der Waals surface area (Å²) in [6, 6.07) is 7.90. The lowest BCUT2D eigenvalue weighted by Gasteiger charge is -2.42. The molecule has 0 atom stereocenters. The highest BCUT2D eigenvalue weighted by atomic mass is 35.5.